The first kappa shape index (κ1) is 12.4. The molecule has 7 heteroatoms. The Kier molecular flexibility index (Phi) is 3.94. The van der Waals surface area contributed by atoms with E-state index in [9.17, 15) is 9.59 Å². The second-order valence-electron chi connectivity index (χ2n) is 2.79. The number of carboxylic acids is 1. The van der Waals surface area contributed by atoms with Crippen LogP contribution in [0.2, 0.25) is 0 Å². The Bertz CT molecular complexity index is 333. The van der Waals surface area contributed by atoms with Crippen molar-refractivity contribution in [3.8, 4) is 0 Å². The number of carboxylic acid groups (broad SMARTS) is 1. The van der Waals surface area contributed by atoms with Crippen molar-refractivity contribution < 1.29 is 14.7 Å². The maximum atomic E-state index is 11.1. The van der Waals surface area contributed by atoms with Crippen molar-refractivity contribution in [2.75, 3.05) is 5.75 Å². The van der Waals surface area contributed by atoms with Crippen LogP contribution in [0.1, 0.15) is 6.42 Å². The van der Waals surface area contributed by atoms with Gasteiger partial charge in [0.2, 0.25) is 5.91 Å². The van der Waals surface area contributed by atoms with Gasteiger partial charge in [-0.05, 0) is 0 Å². The summed E-state index contributed by atoms with van der Waals surface area (Å²) < 4.78 is 0. The summed E-state index contributed by atoms with van der Waals surface area (Å²) in [6.07, 6.45) is 0.422. The van der Waals surface area contributed by atoms with Gasteiger partial charge >= 0.3 is 35.5 Å². The summed E-state index contributed by atoms with van der Waals surface area (Å²) in [5.74, 6) is -0.798. The molecule has 72 valence electrons. The Morgan fingerprint density at radius 1 is 1.64 bits per heavy atom. The third kappa shape index (κ3) is 1.84. The Hall–Kier alpha value is 0.320. The number of aliphatic carboxylic acids is 1. The number of fused-ring (bicyclic) bond motifs is 1. The molecule has 0 aliphatic carbocycles. The molecule has 1 saturated heterocycles. The molecule has 0 radical (unpaired) electrons. The number of carbonyl (C=O) groups excluding carboxylic acids is 1. The second kappa shape index (κ2) is 4.45. The second-order valence-corrected chi connectivity index (χ2v) is 4.41. The van der Waals surface area contributed by atoms with E-state index in [2.05, 4.69) is 0 Å². The van der Waals surface area contributed by atoms with Crippen LogP contribution < -0.4 is 0 Å². The number of rotatable bonds is 1. The molecule has 0 aromatic heterocycles. The van der Waals surface area contributed by atoms with Crippen molar-refractivity contribution >= 4 is 64.8 Å². The van der Waals surface area contributed by atoms with Crippen LogP contribution in [0.15, 0.2) is 10.7 Å². The van der Waals surface area contributed by atoms with Crippen LogP contribution >= 0.6 is 23.4 Å². The number of nitrogens with zero attached hydrogens (tertiary/aromatic N) is 1. The van der Waals surface area contributed by atoms with Crippen molar-refractivity contribution in [3.05, 3.63) is 10.7 Å². The topological polar surface area (TPSA) is 57.6 Å². The summed E-state index contributed by atoms with van der Waals surface area (Å²) in [5, 5.41) is 9.04. The maximum absolute atomic E-state index is 11.1. The molecule has 2 aliphatic heterocycles. The third-order valence-corrected chi connectivity index (χ3v) is 3.70. The fourth-order valence-corrected chi connectivity index (χ4v) is 2.85. The first-order chi connectivity index (χ1) is 6.11. The Balaban J connectivity index is 0.000000980. The average molecular weight is 244 g/mol. The van der Waals surface area contributed by atoms with E-state index in [0.717, 1.165) is 0 Å². The quantitative estimate of drug-likeness (QED) is 0.527. The third-order valence-electron chi connectivity index (χ3n) is 2.01. The zero-order chi connectivity index (χ0) is 9.59. The number of halogens is 1. The van der Waals surface area contributed by atoms with Gasteiger partial charge in [-0.2, -0.15) is 0 Å². The van der Waals surface area contributed by atoms with Gasteiger partial charge in [0.1, 0.15) is 5.70 Å². The van der Waals surface area contributed by atoms with E-state index in [1.807, 2.05) is 0 Å². The Labute approximate surface area is 112 Å². The number of hydrogen-bond donors (Lipinski definition) is 1. The van der Waals surface area contributed by atoms with E-state index < -0.39 is 5.97 Å². The van der Waals surface area contributed by atoms with E-state index in [0.29, 0.717) is 12.2 Å². The van der Waals surface area contributed by atoms with Crippen molar-refractivity contribution in [1.29, 1.82) is 0 Å². The summed E-state index contributed by atoms with van der Waals surface area (Å²) in [6, 6.07) is 0. The van der Waals surface area contributed by atoms with Gasteiger partial charge in [-0.25, -0.2) is 4.79 Å². The van der Waals surface area contributed by atoms with Gasteiger partial charge in [-0.1, -0.05) is 11.6 Å². The van der Waals surface area contributed by atoms with Gasteiger partial charge < -0.3 is 5.11 Å². The first-order valence-electron chi connectivity index (χ1n) is 3.67. The number of thioether (sulfide) groups is 1. The van der Waals surface area contributed by atoms with Gasteiger partial charge in [0.05, 0.1) is 16.8 Å². The van der Waals surface area contributed by atoms with Crippen LogP contribution in [0.4, 0.5) is 0 Å². The molecule has 1 atom stereocenters. The van der Waals surface area contributed by atoms with Crippen molar-refractivity contribution in [3.63, 3.8) is 0 Å². The summed E-state index contributed by atoms with van der Waals surface area (Å²) in [5.41, 5.74) is -0.0401. The number of β-lactam (4-membered cyclic amide) rings is 1. The average Bonchev–Trinajstić information content (AvgIpc) is 2.05. The van der Waals surface area contributed by atoms with Gasteiger partial charge in [-0.15, -0.1) is 11.8 Å². The molecule has 1 fully saturated rings. The fraction of sp³-hybridized carbons (Fsp3) is 0.429. The van der Waals surface area contributed by atoms with Gasteiger partial charge in [0.15, 0.2) is 0 Å². The van der Waals surface area contributed by atoms with E-state index in [4.69, 9.17) is 16.7 Å². The molecular formula is C7H7ClNNaO3S. The number of amides is 1. The van der Waals surface area contributed by atoms with Gasteiger partial charge in [0.25, 0.3) is 0 Å². The number of hydrogen-bond acceptors (Lipinski definition) is 3. The van der Waals surface area contributed by atoms with E-state index in [1.54, 1.807) is 0 Å². The summed E-state index contributed by atoms with van der Waals surface area (Å²) in [6.45, 7) is 0. The molecule has 0 saturated carbocycles. The standard InChI is InChI=1S/C7H6ClNO3S.Na.H/c8-3-2-13-5-1-4(10)9(5)6(3)7(11)12;;/h5H,1-2H2,(H,11,12);;. The normalized spacial score (nSPS) is 25.1. The summed E-state index contributed by atoms with van der Waals surface area (Å²) in [4.78, 5) is 23.1. The predicted octanol–water partition coefficient (Wildman–Crippen LogP) is 0.178. The monoisotopic (exact) mass is 243 g/mol. The molecule has 14 heavy (non-hydrogen) atoms. The summed E-state index contributed by atoms with van der Waals surface area (Å²) in [7, 11) is 0. The molecule has 1 unspecified atom stereocenters. The van der Waals surface area contributed by atoms with Crippen LogP contribution in [0.5, 0.6) is 0 Å². The zero-order valence-electron chi connectivity index (χ0n) is 6.49. The summed E-state index contributed by atoms with van der Waals surface area (Å²) >= 11 is 7.22. The molecule has 2 heterocycles. The Morgan fingerprint density at radius 2 is 2.29 bits per heavy atom. The van der Waals surface area contributed by atoms with Crippen molar-refractivity contribution in [2.45, 2.75) is 11.8 Å². The molecule has 1 amide bonds. The molecule has 0 aromatic rings. The molecular weight excluding hydrogens is 237 g/mol. The minimum absolute atomic E-state index is 0. The zero-order valence-corrected chi connectivity index (χ0v) is 8.06. The van der Waals surface area contributed by atoms with E-state index >= 15 is 0 Å². The molecule has 2 rings (SSSR count). The fourth-order valence-electron chi connectivity index (χ4n) is 1.38. The van der Waals surface area contributed by atoms with Crippen molar-refractivity contribution in [2.24, 2.45) is 0 Å². The molecule has 0 bridgehead atoms. The van der Waals surface area contributed by atoms with Crippen LogP contribution in [0, 0.1) is 0 Å². The van der Waals surface area contributed by atoms with Crippen LogP contribution in [-0.4, -0.2) is 62.6 Å². The SMILES string of the molecule is O=C(O)C1=C(Cl)CSC2CC(=O)N12.[NaH]. The van der Waals surface area contributed by atoms with E-state index in [1.165, 1.54) is 16.7 Å². The minimum atomic E-state index is -1.12. The molecule has 0 spiro atoms. The van der Waals surface area contributed by atoms with Gasteiger partial charge in [-0.3, -0.25) is 9.69 Å². The van der Waals surface area contributed by atoms with Crippen LogP contribution in [-0.2, 0) is 9.59 Å². The van der Waals surface area contributed by atoms with Crippen LogP contribution in [0.3, 0.4) is 0 Å². The first-order valence-corrected chi connectivity index (χ1v) is 5.09. The van der Waals surface area contributed by atoms with Crippen molar-refractivity contribution in [1.82, 2.24) is 4.90 Å². The van der Waals surface area contributed by atoms with Crippen LogP contribution in [0.25, 0.3) is 0 Å². The van der Waals surface area contributed by atoms with E-state index in [-0.39, 0.29) is 51.6 Å². The predicted molar refractivity (Wildman–Crippen MR) is 55.4 cm³/mol. The molecule has 0 aromatic carbocycles. The number of carbonyl (C=O) groups is 2. The Morgan fingerprint density at radius 3 is 2.71 bits per heavy atom. The molecule has 4 nitrogen and oxygen atoms in total. The molecule has 1 N–H and O–H groups in total. The molecule has 2 aliphatic rings. The van der Waals surface area contributed by atoms with Gasteiger partial charge in [0, 0.05) is 5.75 Å².